The fourth-order valence-corrected chi connectivity index (χ4v) is 3.35. The van der Waals surface area contributed by atoms with E-state index in [1.54, 1.807) is 6.92 Å². The summed E-state index contributed by atoms with van der Waals surface area (Å²) in [5, 5.41) is 3.30. The first-order valence-corrected chi connectivity index (χ1v) is 9.93. The Bertz CT molecular complexity index is 992. The van der Waals surface area contributed by atoms with Crippen LogP contribution in [-0.2, 0) is 27.5 Å². The number of carbonyl (C=O) groups excluding carboxylic acids is 2. The van der Waals surface area contributed by atoms with E-state index in [1.807, 2.05) is 30.3 Å². The molecule has 0 unspecified atom stereocenters. The lowest BCUT2D eigenvalue weighted by atomic mass is 10.2. The highest BCUT2D eigenvalue weighted by molar-refractivity contribution is 5.82. The van der Waals surface area contributed by atoms with Gasteiger partial charge in [-0.3, -0.25) is 23.9 Å². The van der Waals surface area contributed by atoms with Crippen molar-refractivity contribution in [1.82, 2.24) is 19.8 Å². The van der Waals surface area contributed by atoms with Crippen LogP contribution in [0.5, 0.6) is 0 Å². The van der Waals surface area contributed by atoms with Crippen LogP contribution in [0.15, 0.2) is 46.1 Å². The highest BCUT2D eigenvalue weighted by atomic mass is 16.5. The average molecular weight is 414 g/mol. The molecule has 0 bridgehead atoms. The summed E-state index contributed by atoms with van der Waals surface area (Å²) in [5.41, 5.74) is 0.0369. The van der Waals surface area contributed by atoms with Crippen LogP contribution in [0.1, 0.15) is 24.0 Å². The Balaban J connectivity index is 1.67. The predicted molar refractivity (Wildman–Crippen MR) is 110 cm³/mol. The zero-order chi connectivity index (χ0) is 21.5. The number of esters is 1. The summed E-state index contributed by atoms with van der Waals surface area (Å²) in [6, 6.07) is 9.38. The summed E-state index contributed by atoms with van der Waals surface area (Å²) in [4.78, 5) is 52.4. The molecule has 9 heteroatoms. The molecule has 0 aliphatic carbocycles. The zero-order valence-corrected chi connectivity index (χ0v) is 16.9. The molecule has 2 heterocycles. The van der Waals surface area contributed by atoms with Crippen molar-refractivity contribution in [1.29, 1.82) is 0 Å². The highest BCUT2D eigenvalue weighted by Crippen LogP contribution is 2.09. The maximum atomic E-state index is 12.9. The molecule has 160 valence electrons. The maximum absolute atomic E-state index is 12.9. The van der Waals surface area contributed by atoms with Crippen molar-refractivity contribution < 1.29 is 14.3 Å². The van der Waals surface area contributed by atoms with Crippen LogP contribution in [0, 0.1) is 6.92 Å². The van der Waals surface area contributed by atoms with E-state index >= 15 is 0 Å². The second-order valence-electron chi connectivity index (χ2n) is 7.41. The maximum Gasteiger partial charge on any atom is 0.328 e. The van der Waals surface area contributed by atoms with Crippen LogP contribution in [0.25, 0.3) is 0 Å². The third-order valence-corrected chi connectivity index (χ3v) is 5.01. The van der Waals surface area contributed by atoms with E-state index < -0.39 is 23.1 Å². The standard InChI is InChI=1S/C21H26N4O5/c1-15-10-25(21(29)23-20(15)28)12-18(26)24(11-17-8-5-9-22-17)13-19(27)30-14-16-6-3-2-4-7-16/h2-4,6-7,10,17,22H,5,8-9,11-14H2,1H3,(H,23,28,29)/t17-/m0/s1. The topological polar surface area (TPSA) is 114 Å². The van der Waals surface area contributed by atoms with Gasteiger partial charge >= 0.3 is 11.7 Å². The quantitative estimate of drug-likeness (QED) is 0.596. The van der Waals surface area contributed by atoms with Gasteiger partial charge in [-0.05, 0) is 31.9 Å². The SMILES string of the molecule is Cc1cn(CC(=O)N(CC(=O)OCc2ccccc2)C[C@@H]2CCCN2)c(=O)[nH]c1=O. The fourth-order valence-electron chi connectivity index (χ4n) is 3.35. The van der Waals surface area contributed by atoms with Crippen molar-refractivity contribution in [3.05, 3.63) is 68.5 Å². The molecular formula is C21H26N4O5. The number of H-pyrrole nitrogens is 1. The molecule has 2 aromatic rings. The van der Waals surface area contributed by atoms with Crippen molar-refractivity contribution in [2.75, 3.05) is 19.6 Å². The zero-order valence-electron chi connectivity index (χ0n) is 16.9. The predicted octanol–water partition coefficient (Wildman–Crippen LogP) is 0.169. The van der Waals surface area contributed by atoms with Gasteiger partial charge in [-0.2, -0.15) is 0 Å². The lowest BCUT2D eigenvalue weighted by molar-refractivity contribution is -0.150. The lowest BCUT2D eigenvalue weighted by Gasteiger charge is -2.25. The van der Waals surface area contributed by atoms with Gasteiger partial charge in [0.15, 0.2) is 0 Å². The van der Waals surface area contributed by atoms with Gasteiger partial charge in [-0.15, -0.1) is 0 Å². The van der Waals surface area contributed by atoms with E-state index in [2.05, 4.69) is 10.3 Å². The van der Waals surface area contributed by atoms with Crippen LogP contribution in [0.3, 0.4) is 0 Å². The van der Waals surface area contributed by atoms with Gasteiger partial charge in [0.2, 0.25) is 5.91 Å². The second-order valence-corrected chi connectivity index (χ2v) is 7.41. The van der Waals surface area contributed by atoms with Crippen LogP contribution in [0.4, 0.5) is 0 Å². The largest absolute Gasteiger partial charge is 0.459 e. The van der Waals surface area contributed by atoms with E-state index in [9.17, 15) is 19.2 Å². The van der Waals surface area contributed by atoms with Crippen molar-refractivity contribution in [3.8, 4) is 0 Å². The normalized spacial score (nSPS) is 15.7. The molecule has 1 saturated heterocycles. The third-order valence-electron chi connectivity index (χ3n) is 5.01. The molecule has 1 fully saturated rings. The summed E-state index contributed by atoms with van der Waals surface area (Å²) in [7, 11) is 0. The van der Waals surface area contributed by atoms with Crippen molar-refractivity contribution in [2.24, 2.45) is 0 Å². The molecule has 0 saturated carbocycles. The Labute approximate surface area is 173 Å². The summed E-state index contributed by atoms with van der Waals surface area (Å²) in [6.45, 7) is 2.42. The van der Waals surface area contributed by atoms with Crippen LogP contribution >= 0.6 is 0 Å². The minimum absolute atomic E-state index is 0.0879. The molecule has 1 aliphatic heterocycles. The first-order chi connectivity index (χ1) is 14.4. The van der Waals surface area contributed by atoms with Crippen LogP contribution < -0.4 is 16.6 Å². The Morgan fingerprint density at radius 3 is 2.70 bits per heavy atom. The molecule has 1 aliphatic rings. The highest BCUT2D eigenvalue weighted by Gasteiger charge is 2.24. The molecule has 2 N–H and O–H groups in total. The van der Waals surface area contributed by atoms with Crippen molar-refractivity contribution >= 4 is 11.9 Å². The fraction of sp³-hybridized carbons (Fsp3) is 0.429. The van der Waals surface area contributed by atoms with Crippen LogP contribution in [-0.4, -0.2) is 52.0 Å². The van der Waals surface area contributed by atoms with Gasteiger partial charge in [-0.25, -0.2) is 4.79 Å². The number of benzene rings is 1. The molecule has 1 aromatic carbocycles. The minimum Gasteiger partial charge on any atom is -0.459 e. The Morgan fingerprint density at radius 1 is 1.23 bits per heavy atom. The van der Waals surface area contributed by atoms with E-state index in [0.717, 1.165) is 29.5 Å². The molecule has 0 spiro atoms. The van der Waals surface area contributed by atoms with Gasteiger partial charge in [0.1, 0.15) is 19.7 Å². The molecule has 3 rings (SSSR count). The number of carbonyl (C=O) groups is 2. The van der Waals surface area contributed by atoms with E-state index in [-0.39, 0.29) is 25.7 Å². The number of rotatable bonds is 8. The number of aryl methyl sites for hydroxylation is 1. The first-order valence-electron chi connectivity index (χ1n) is 9.93. The van der Waals surface area contributed by atoms with Gasteiger partial charge in [0.25, 0.3) is 5.56 Å². The van der Waals surface area contributed by atoms with Gasteiger partial charge in [0, 0.05) is 24.3 Å². The summed E-state index contributed by atoms with van der Waals surface area (Å²) in [5.74, 6) is -0.913. The lowest BCUT2D eigenvalue weighted by Crippen LogP contribution is -2.46. The smallest absolute Gasteiger partial charge is 0.328 e. The molecule has 30 heavy (non-hydrogen) atoms. The number of amides is 1. The molecule has 1 amide bonds. The number of nitrogens with one attached hydrogen (secondary N) is 2. The van der Waals surface area contributed by atoms with Gasteiger partial charge in [0.05, 0.1) is 0 Å². The van der Waals surface area contributed by atoms with E-state index in [0.29, 0.717) is 12.1 Å². The Hall–Kier alpha value is -3.20. The Morgan fingerprint density at radius 2 is 2.00 bits per heavy atom. The van der Waals surface area contributed by atoms with Crippen molar-refractivity contribution in [3.63, 3.8) is 0 Å². The van der Waals surface area contributed by atoms with E-state index in [4.69, 9.17) is 4.74 Å². The number of nitrogens with zero attached hydrogens (tertiary/aromatic N) is 2. The summed E-state index contributed by atoms with van der Waals surface area (Å²) in [6.07, 6.45) is 3.25. The number of hydrogen-bond acceptors (Lipinski definition) is 6. The minimum atomic E-state index is -0.662. The monoisotopic (exact) mass is 414 g/mol. The number of aromatic nitrogens is 2. The Kier molecular flexibility index (Phi) is 7.18. The average Bonchev–Trinajstić information content (AvgIpc) is 3.24. The molecule has 1 aromatic heterocycles. The number of hydrogen-bond donors (Lipinski definition) is 2. The third kappa shape index (κ3) is 5.90. The van der Waals surface area contributed by atoms with Crippen molar-refractivity contribution in [2.45, 2.75) is 39.0 Å². The summed E-state index contributed by atoms with van der Waals surface area (Å²) >= 11 is 0. The molecule has 9 nitrogen and oxygen atoms in total. The number of ether oxygens (including phenoxy) is 1. The first kappa shape index (κ1) is 21.5. The molecule has 0 radical (unpaired) electrons. The number of aromatic amines is 1. The van der Waals surface area contributed by atoms with Gasteiger partial charge < -0.3 is 15.0 Å². The second kappa shape index (κ2) is 10.0. The molecular weight excluding hydrogens is 388 g/mol. The summed E-state index contributed by atoms with van der Waals surface area (Å²) < 4.78 is 6.46. The van der Waals surface area contributed by atoms with Gasteiger partial charge in [-0.1, -0.05) is 30.3 Å². The van der Waals surface area contributed by atoms with E-state index in [1.165, 1.54) is 11.1 Å². The molecule has 1 atom stereocenters. The van der Waals surface area contributed by atoms with Crippen LogP contribution in [0.2, 0.25) is 0 Å².